The summed E-state index contributed by atoms with van der Waals surface area (Å²) in [5, 5.41) is 15.6. The van der Waals surface area contributed by atoms with Gasteiger partial charge in [0.15, 0.2) is 5.82 Å². The molecule has 39 heavy (non-hydrogen) atoms. The predicted molar refractivity (Wildman–Crippen MR) is 146 cm³/mol. The Balaban J connectivity index is 1.79. The molecule has 4 rings (SSSR count). The van der Waals surface area contributed by atoms with Crippen molar-refractivity contribution in [3.8, 4) is 11.7 Å². The largest absolute Gasteiger partial charge is 0.480 e. The molecule has 2 amide bonds. The van der Waals surface area contributed by atoms with Crippen LogP contribution in [-0.4, -0.2) is 70.3 Å². The summed E-state index contributed by atoms with van der Waals surface area (Å²) in [6.07, 6.45) is 3.94. The van der Waals surface area contributed by atoms with Crippen molar-refractivity contribution in [2.24, 2.45) is 0 Å². The van der Waals surface area contributed by atoms with Crippen molar-refractivity contribution in [3.63, 3.8) is 0 Å². The first-order chi connectivity index (χ1) is 18.9. The Labute approximate surface area is 230 Å². The van der Waals surface area contributed by atoms with Crippen LogP contribution in [0.4, 0.5) is 5.69 Å². The van der Waals surface area contributed by atoms with E-state index in [9.17, 15) is 9.59 Å². The Kier molecular flexibility index (Phi) is 9.12. The molecule has 13 heteroatoms. The summed E-state index contributed by atoms with van der Waals surface area (Å²) in [7, 11) is 3.03. The number of aryl methyl sites for hydroxylation is 1. The number of halogens is 1. The fourth-order valence-corrected chi connectivity index (χ4v) is 4.19. The standard InChI is InChI=1S/C26H30ClN7O5/c1-5-8-29-26(36)21-22(16(2)12-17-14-30-33(23(17)21)15-39-11-10-37-3)31-25(35)19-13-20(38-4)32-34(19)24-18(27)7-6-9-28-24/h6-7,9,12-14H,5,8,10-11,15H2,1-4H3,(H,29,36)(H,31,35). The maximum atomic E-state index is 13.7. The zero-order valence-electron chi connectivity index (χ0n) is 22.2. The molecule has 0 aliphatic carbocycles. The van der Waals surface area contributed by atoms with E-state index in [0.717, 1.165) is 11.8 Å². The van der Waals surface area contributed by atoms with Crippen molar-refractivity contribution in [1.82, 2.24) is 29.9 Å². The van der Waals surface area contributed by atoms with Crippen LogP contribution in [0, 0.1) is 6.92 Å². The van der Waals surface area contributed by atoms with Crippen LogP contribution < -0.4 is 15.4 Å². The maximum absolute atomic E-state index is 13.7. The number of pyridine rings is 1. The Bertz CT molecular complexity index is 1480. The maximum Gasteiger partial charge on any atom is 0.274 e. The summed E-state index contributed by atoms with van der Waals surface area (Å²) in [5.41, 5.74) is 1.92. The minimum absolute atomic E-state index is 0.0967. The smallest absolute Gasteiger partial charge is 0.274 e. The number of nitrogens with zero attached hydrogens (tertiary/aromatic N) is 5. The second-order valence-electron chi connectivity index (χ2n) is 8.56. The number of methoxy groups -OCH3 is 2. The van der Waals surface area contributed by atoms with Gasteiger partial charge in [-0.25, -0.2) is 14.3 Å². The first kappa shape index (κ1) is 28.0. The van der Waals surface area contributed by atoms with Crippen molar-refractivity contribution >= 4 is 40.0 Å². The van der Waals surface area contributed by atoms with E-state index in [2.05, 4.69) is 25.8 Å². The summed E-state index contributed by atoms with van der Waals surface area (Å²) in [5.74, 6) is -0.437. The summed E-state index contributed by atoms with van der Waals surface area (Å²) >= 11 is 6.34. The number of amides is 2. The lowest BCUT2D eigenvalue weighted by Gasteiger charge is -2.17. The molecule has 12 nitrogen and oxygen atoms in total. The lowest BCUT2D eigenvalue weighted by Crippen LogP contribution is -2.28. The fraction of sp³-hybridized carbons (Fsp3) is 0.346. The number of aromatic nitrogens is 5. The van der Waals surface area contributed by atoms with Gasteiger partial charge in [-0.2, -0.15) is 5.10 Å². The molecule has 0 radical (unpaired) electrons. The molecule has 0 saturated carbocycles. The molecule has 1 aromatic carbocycles. The van der Waals surface area contributed by atoms with Gasteiger partial charge in [-0.1, -0.05) is 18.5 Å². The average molecular weight is 556 g/mol. The normalized spacial score (nSPS) is 11.1. The molecule has 0 spiro atoms. The molecule has 0 saturated heterocycles. The van der Waals surface area contributed by atoms with Crippen LogP contribution in [0.5, 0.6) is 5.88 Å². The molecule has 4 aromatic rings. The molecular weight excluding hydrogens is 526 g/mol. The number of benzene rings is 1. The van der Waals surface area contributed by atoms with E-state index in [1.165, 1.54) is 17.9 Å². The number of hydrogen-bond acceptors (Lipinski definition) is 8. The minimum atomic E-state index is -0.540. The lowest BCUT2D eigenvalue weighted by molar-refractivity contribution is 0.0308. The molecule has 0 atom stereocenters. The first-order valence-corrected chi connectivity index (χ1v) is 12.7. The van der Waals surface area contributed by atoms with Crippen LogP contribution in [0.25, 0.3) is 16.7 Å². The van der Waals surface area contributed by atoms with Crippen LogP contribution in [0.3, 0.4) is 0 Å². The van der Waals surface area contributed by atoms with E-state index in [1.807, 2.05) is 19.9 Å². The number of rotatable bonds is 12. The molecule has 0 unspecified atom stereocenters. The van der Waals surface area contributed by atoms with E-state index in [0.29, 0.717) is 41.5 Å². The van der Waals surface area contributed by atoms with Crippen LogP contribution in [0.1, 0.15) is 39.8 Å². The summed E-state index contributed by atoms with van der Waals surface area (Å²) in [6, 6.07) is 6.64. The molecule has 0 aliphatic rings. The van der Waals surface area contributed by atoms with Gasteiger partial charge < -0.3 is 24.8 Å². The quantitative estimate of drug-likeness (QED) is 0.253. The molecule has 3 aromatic heterocycles. The highest BCUT2D eigenvalue weighted by atomic mass is 35.5. The third kappa shape index (κ3) is 6.03. The van der Waals surface area contributed by atoms with Gasteiger partial charge in [0.05, 0.1) is 48.3 Å². The van der Waals surface area contributed by atoms with Gasteiger partial charge in [0.2, 0.25) is 5.88 Å². The zero-order chi connectivity index (χ0) is 27.9. The molecule has 0 bridgehead atoms. The summed E-state index contributed by atoms with van der Waals surface area (Å²) in [6.45, 7) is 5.10. The topological polar surface area (TPSA) is 134 Å². The van der Waals surface area contributed by atoms with Crippen LogP contribution >= 0.6 is 11.6 Å². The monoisotopic (exact) mass is 555 g/mol. The van der Waals surface area contributed by atoms with Gasteiger partial charge in [0.1, 0.15) is 12.4 Å². The Hall–Kier alpha value is -4.00. The van der Waals surface area contributed by atoms with Crippen molar-refractivity contribution in [2.45, 2.75) is 27.0 Å². The van der Waals surface area contributed by atoms with Crippen LogP contribution in [-0.2, 0) is 16.2 Å². The van der Waals surface area contributed by atoms with E-state index >= 15 is 0 Å². The van der Waals surface area contributed by atoms with E-state index < -0.39 is 5.91 Å². The van der Waals surface area contributed by atoms with Gasteiger partial charge in [-0.15, -0.1) is 5.10 Å². The van der Waals surface area contributed by atoms with Crippen LogP contribution in [0.15, 0.2) is 36.7 Å². The van der Waals surface area contributed by atoms with Gasteiger partial charge in [-0.05, 0) is 37.1 Å². The average Bonchev–Trinajstić information content (AvgIpc) is 3.54. The van der Waals surface area contributed by atoms with Crippen molar-refractivity contribution < 1.29 is 23.8 Å². The SMILES string of the molecule is CCCNC(=O)c1c(NC(=O)c2cc(OC)nn2-c2ncccc2Cl)c(C)cc2cnn(COCCOC)c12. The van der Waals surface area contributed by atoms with Crippen LogP contribution in [0.2, 0.25) is 5.02 Å². The fourth-order valence-electron chi connectivity index (χ4n) is 3.99. The third-order valence-corrected chi connectivity index (χ3v) is 6.13. The molecule has 206 valence electrons. The first-order valence-electron chi connectivity index (χ1n) is 12.3. The molecule has 0 fully saturated rings. The van der Waals surface area contributed by atoms with E-state index in [1.54, 1.807) is 36.3 Å². The van der Waals surface area contributed by atoms with Crippen molar-refractivity contribution in [1.29, 1.82) is 0 Å². The molecule has 0 aliphatic heterocycles. The Morgan fingerprint density at radius 1 is 1.15 bits per heavy atom. The number of carbonyl (C=O) groups excluding carboxylic acids is 2. The number of carbonyl (C=O) groups is 2. The number of anilines is 1. The predicted octanol–water partition coefficient (Wildman–Crippen LogP) is 3.60. The zero-order valence-corrected chi connectivity index (χ0v) is 22.9. The molecule has 2 N–H and O–H groups in total. The minimum Gasteiger partial charge on any atom is -0.480 e. The second kappa shape index (κ2) is 12.7. The van der Waals surface area contributed by atoms with E-state index in [4.69, 9.17) is 25.8 Å². The highest BCUT2D eigenvalue weighted by molar-refractivity contribution is 6.32. The van der Waals surface area contributed by atoms with Crippen molar-refractivity contribution in [3.05, 3.63) is 58.5 Å². The van der Waals surface area contributed by atoms with Crippen molar-refractivity contribution in [2.75, 3.05) is 39.3 Å². The van der Waals surface area contributed by atoms with E-state index in [-0.39, 0.29) is 35.6 Å². The van der Waals surface area contributed by atoms with Gasteiger partial charge in [-0.3, -0.25) is 9.59 Å². The number of fused-ring (bicyclic) bond motifs is 1. The number of hydrogen-bond donors (Lipinski definition) is 2. The molecule has 3 heterocycles. The highest BCUT2D eigenvalue weighted by Crippen LogP contribution is 2.31. The Morgan fingerprint density at radius 2 is 1.97 bits per heavy atom. The number of nitrogens with one attached hydrogen (secondary N) is 2. The lowest BCUT2D eigenvalue weighted by atomic mass is 10.0. The van der Waals surface area contributed by atoms with Gasteiger partial charge in [0, 0.05) is 31.3 Å². The Morgan fingerprint density at radius 3 is 2.69 bits per heavy atom. The number of ether oxygens (including phenoxy) is 3. The second-order valence-corrected chi connectivity index (χ2v) is 8.97. The summed E-state index contributed by atoms with van der Waals surface area (Å²) in [4.78, 5) is 31.5. The summed E-state index contributed by atoms with van der Waals surface area (Å²) < 4.78 is 18.9. The van der Waals surface area contributed by atoms with Gasteiger partial charge >= 0.3 is 0 Å². The highest BCUT2D eigenvalue weighted by Gasteiger charge is 2.26. The third-order valence-electron chi connectivity index (χ3n) is 5.84. The van der Waals surface area contributed by atoms with Gasteiger partial charge in [0.25, 0.3) is 11.8 Å². The molecular formula is C26H30ClN7O5.